The van der Waals surface area contributed by atoms with E-state index >= 15 is 0 Å². The Morgan fingerprint density at radius 2 is 1.79 bits per heavy atom. The number of hydrogen-bond acceptors (Lipinski definition) is 3. The molecule has 0 saturated carbocycles. The minimum absolute atomic E-state index is 0.160. The first kappa shape index (κ1) is 20.8. The van der Waals surface area contributed by atoms with Crippen molar-refractivity contribution in [3.63, 3.8) is 0 Å². The molecule has 3 amide bonds. The molecule has 1 aliphatic heterocycles. The Morgan fingerprint density at radius 1 is 1.14 bits per heavy atom. The van der Waals surface area contributed by atoms with Gasteiger partial charge in [-0.1, -0.05) is 18.2 Å². The van der Waals surface area contributed by atoms with Gasteiger partial charge in [-0.15, -0.1) is 6.58 Å². The van der Waals surface area contributed by atoms with Crippen LogP contribution in [0.15, 0.2) is 54.8 Å². The van der Waals surface area contributed by atoms with Gasteiger partial charge in [-0.2, -0.15) is 0 Å². The Labute approximate surface area is 188 Å². The van der Waals surface area contributed by atoms with Crippen LogP contribution < -0.4 is 10.1 Å². The van der Waals surface area contributed by atoms with E-state index in [1.165, 1.54) is 18.2 Å². The summed E-state index contributed by atoms with van der Waals surface area (Å²) in [4.78, 5) is 25.3. The number of nitrogens with one attached hydrogen (secondary N) is 1. The van der Waals surface area contributed by atoms with Gasteiger partial charge in [0.05, 0.1) is 7.14 Å². The molecule has 0 spiro atoms. The van der Waals surface area contributed by atoms with E-state index in [-0.39, 0.29) is 24.0 Å². The molecule has 5 nitrogen and oxygen atoms in total. The maximum atomic E-state index is 13.0. The fraction of sp³-hybridized carbons (Fsp3) is 0.100. The van der Waals surface area contributed by atoms with Gasteiger partial charge >= 0.3 is 6.03 Å². The van der Waals surface area contributed by atoms with Crippen molar-refractivity contribution in [3.8, 4) is 5.75 Å². The highest BCUT2D eigenvalue weighted by Crippen LogP contribution is 2.30. The summed E-state index contributed by atoms with van der Waals surface area (Å²) in [6.07, 6.45) is 3.14. The van der Waals surface area contributed by atoms with Crippen molar-refractivity contribution in [2.75, 3.05) is 6.54 Å². The Kier molecular flexibility index (Phi) is 6.70. The molecule has 0 unspecified atom stereocenters. The van der Waals surface area contributed by atoms with Crippen molar-refractivity contribution in [1.29, 1.82) is 0 Å². The second-order valence-corrected chi connectivity index (χ2v) is 8.25. The third-order valence-corrected chi connectivity index (χ3v) is 5.50. The Hall–Kier alpha value is -1.95. The van der Waals surface area contributed by atoms with Crippen molar-refractivity contribution in [1.82, 2.24) is 10.2 Å². The van der Waals surface area contributed by atoms with Crippen LogP contribution in [0.1, 0.15) is 11.1 Å². The van der Waals surface area contributed by atoms with Gasteiger partial charge in [0.25, 0.3) is 5.91 Å². The maximum Gasteiger partial charge on any atom is 0.329 e. The molecule has 1 fully saturated rings. The van der Waals surface area contributed by atoms with Crippen LogP contribution in [-0.2, 0) is 11.4 Å². The molecule has 2 aromatic carbocycles. The lowest BCUT2D eigenvalue weighted by Gasteiger charge is -2.12. The smallest absolute Gasteiger partial charge is 0.329 e. The molecular weight excluding hydrogens is 589 g/mol. The number of hydrogen-bond donors (Lipinski definition) is 1. The van der Waals surface area contributed by atoms with Crippen LogP contribution in [0.3, 0.4) is 0 Å². The number of halogens is 3. The van der Waals surface area contributed by atoms with Crippen LogP contribution in [0, 0.1) is 13.0 Å². The van der Waals surface area contributed by atoms with E-state index in [1.54, 1.807) is 18.2 Å². The summed E-state index contributed by atoms with van der Waals surface area (Å²) in [5.74, 6) is 0.0415. The fourth-order valence-electron chi connectivity index (χ4n) is 2.57. The minimum atomic E-state index is -0.459. The molecule has 0 aromatic heterocycles. The number of carbonyl (C=O) groups is 2. The highest BCUT2D eigenvalue weighted by Gasteiger charge is 2.32. The average molecular weight is 604 g/mol. The van der Waals surface area contributed by atoms with E-state index in [0.29, 0.717) is 12.4 Å². The molecule has 0 atom stereocenters. The van der Waals surface area contributed by atoms with Crippen LogP contribution in [-0.4, -0.2) is 23.4 Å². The lowest BCUT2D eigenvalue weighted by molar-refractivity contribution is -0.122. The number of carbonyl (C=O) groups excluding carboxylic acids is 2. The van der Waals surface area contributed by atoms with Crippen LogP contribution in [0.4, 0.5) is 9.18 Å². The molecular formula is C20H15FI2N2O3. The van der Waals surface area contributed by atoms with Gasteiger partial charge in [-0.05, 0) is 86.7 Å². The summed E-state index contributed by atoms with van der Waals surface area (Å²) in [7, 11) is 0. The van der Waals surface area contributed by atoms with E-state index in [0.717, 1.165) is 23.2 Å². The van der Waals surface area contributed by atoms with Crippen molar-refractivity contribution in [2.24, 2.45) is 0 Å². The quantitative estimate of drug-likeness (QED) is 0.226. The van der Waals surface area contributed by atoms with Crippen LogP contribution in [0.5, 0.6) is 5.75 Å². The number of benzene rings is 2. The summed E-state index contributed by atoms with van der Waals surface area (Å²) < 4.78 is 20.6. The van der Waals surface area contributed by atoms with Gasteiger partial charge < -0.3 is 10.1 Å². The SMILES string of the molecule is C=CCN1C(=O)N/C(=C/c2cc(I)c(OCc3ccc(F)cc3)c(I)c2)C1=O. The van der Waals surface area contributed by atoms with Crippen LogP contribution in [0.25, 0.3) is 6.08 Å². The van der Waals surface area contributed by atoms with Gasteiger partial charge in [0.2, 0.25) is 0 Å². The molecule has 28 heavy (non-hydrogen) atoms. The molecule has 1 aliphatic rings. The van der Waals surface area contributed by atoms with E-state index < -0.39 is 6.03 Å². The maximum absolute atomic E-state index is 13.0. The van der Waals surface area contributed by atoms with Gasteiger partial charge in [-0.25, -0.2) is 9.18 Å². The van der Waals surface area contributed by atoms with Crippen molar-refractivity contribution >= 4 is 63.2 Å². The molecule has 0 bridgehead atoms. The first-order valence-corrected chi connectivity index (χ1v) is 10.4. The number of rotatable bonds is 6. The predicted octanol–water partition coefficient (Wildman–Crippen LogP) is 4.69. The Bertz CT molecular complexity index is 951. The second-order valence-electron chi connectivity index (χ2n) is 5.92. The molecule has 8 heteroatoms. The highest BCUT2D eigenvalue weighted by atomic mass is 127. The van der Waals surface area contributed by atoms with Crippen LogP contribution >= 0.6 is 45.2 Å². The number of urea groups is 1. The van der Waals surface area contributed by atoms with E-state index in [4.69, 9.17) is 4.74 Å². The topological polar surface area (TPSA) is 58.6 Å². The summed E-state index contributed by atoms with van der Waals surface area (Å²) in [5, 5.41) is 2.58. The third kappa shape index (κ3) is 4.72. The Balaban J connectivity index is 1.78. The van der Waals surface area contributed by atoms with E-state index in [2.05, 4.69) is 57.1 Å². The lowest BCUT2D eigenvalue weighted by atomic mass is 10.2. The number of amides is 3. The van der Waals surface area contributed by atoms with Gasteiger partial charge in [0, 0.05) is 6.54 Å². The lowest BCUT2D eigenvalue weighted by Crippen LogP contribution is -2.30. The minimum Gasteiger partial charge on any atom is -0.487 e. The van der Waals surface area contributed by atoms with Gasteiger partial charge in [-0.3, -0.25) is 9.69 Å². The number of nitrogens with zero attached hydrogens (tertiary/aromatic N) is 1. The average Bonchev–Trinajstić information content (AvgIpc) is 2.90. The second kappa shape index (κ2) is 9.03. The molecule has 2 aromatic rings. The summed E-state index contributed by atoms with van der Waals surface area (Å²) in [5.41, 5.74) is 1.85. The van der Waals surface area contributed by atoms with Gasteiger partial charge in [0.15, 0.2) is 0 Å². The molecule has 1 saturated heterocycles. The largest absolute Gasteiger partial charge is 0.487 e. The molecule has 0 radical (unpaired) electrons. The zero-order chi connectivity index (χ0) is 20.3. The zero-order valence-corrected chi connectivity index (χ0v) is 18.9. The molecule has 1 heterocycles. The fourth-order valence-corrected chi connectivity index (χ4v) is 4.70. The van der Waals surface area contributed by atoms with E-state index in [1.807, 2.05) is 12.1 Å². The molecule has 0 aliphatic carbocycles. The normalized spacial score (nSPS) is 15.1. The molecule has 1 N–H and O–H groups in total. The summed E-state index contributed by atoms with van der Waals surface area (Å²) in [6, 6.07) is 9.42. The molecule has 144 valence electrons. The Morgan fingerprint density at radius 3 is 2.39 bits per heavy atom. The standard InChI is InChI=1S/C20H15FI2N2O3/c1-2-7-25-19(26)17(24-20(25)27)10-13-8-15(22)18(16(23)9-13)28-11-12-3-5-14(21)6-4-12/h2-6,8-10H,1,7,11H2,(H,24,27)/b17-10+. The van der Waals surface area contributed by atoms with Crippen molar-refractivity contribution in [2.45, 2.75) is 6.61 Å². The number of imide groups is 1. The first-order valence-electron chi connectivity index (χ1n) is 8.20. The zero-order valence-electron chi connectivity index (χ0n) is 14.5. The summed E-state index contributed by atoms with van der Waals surface area (Å²) >= 11 is 4.32. The van der Waals surface area contributed by atoms with E-state index in [9.17, 15) is 14.0 Å². The predicted molar refractivity (Wildman–Crippen MR) is 121 cm³/mol. The van der Waals surface area contributed by atoms with Crippen molar-refractivity contribution in [3.05, 3.63) is 78.8 Å². The highest BCUT2D eigenvalue weighted by molar-refractivity contribution is 14.1. The van der Waals surface area contributed by atoms with Gasteiger partial charge in [0.1, 0.15) is 23.9 Å². The number of ether oxygens (including phenoxy) is 1. The van der Waals surface area contributed by atoms with Crippen molar-refractivity contribution < 1.29 is 18.7 Å². The monoisotopic (exact) mass is 604 g/mol. The van der Waals surface area contributed by atoms with Crippen LogP contribution in [0.2, 0.25) is 0 Å². The summed E-state index contributed by atoms with van der Waals surface area (Å²) in [6.45, 7) is 4.03. The third-order valence-electron chi connectivity index (χ3n) is 3.90. The molecule has 3 rings (SSSR count). The first-order chi connectivity index (χ1) is 13.4.